The number of urea groups is 2. The number of nitrogens with zero attached hydrogens (tertiary/aromatic N) is 3. The first-order chi connectivity index (χ1) is 15.3. The molecular weight excluding hydrogens is 428 g/mol. The van der Waals surface area contributed by atoms with Crippen molar-refractivity contribution in [2.45, 2.75) is 77.8 Å². The molecule has 0 aromatic rings. The molecule has 33 heavy (non-hydrogen) atoms. The summed E-state index contributed by atoms with van der Waals surface area (Å²) in [5.74, 6) is -2.22. The Labute approximate surface area is 193 Å². The van der Waals surface area contributed by atoms with E-state index in [0.29, 0.717) is 38.6 Å². The van der Waals surface area contributed by atoms with Gasteiger partial charge in [-0.3, -0.25) is 29.5 Å². The third kappa shape index (κ3) is 4.28. The number of nitrogens with one attached hydrogen (secondary N) is 1. The molecule has 0 bridgehead atoms. The Morgan fingerprint density at radius 3 is 2.12 bits per heavy atom. The standard InChI is InChI=1S/C22H34N6O5/c1-5-6-11-26-16(29)14(15(23)24)17(30)28(20(26)33)13-7-9-22(4,10-8-13)12-27-19(32)25-18(31)21(27,2)3/h13H,5-12,23-24H2,1-4H3,(H,25,31,32). The van der Waals surface area contributed by atoms with Crippen molar-refractivity contribution in [3.8, 4) is 0 Å². The summed E-state index contributed by atoms with van der Waals surface area (Å²) in [4.78, 5) is 67.0. The number of imide groups is 3. The largest absolute Gasteiger partial charge is 0.385 e. The van der Waals surface area contributed by atoms with E-state index in [1.807, 2.05) is 13.8 Å². The molecule has 0 unspecified atom stereocenters. The second-order valence-corrected chi connectivity index (χ2v) is 10.0. The van der Waals surface area contributed by atoms with Crippen LogP contribution in [0.1, 0.15) is 66.2 Å². The minimum Gasteiger partial charge on any atom is -0.385 e. The average Bonchev–Trinajstić information content (AvgIpc) is 2.91. The van der Waals surface area contributed by atoms with E-state index in [0.717, 1.165) is 16.2 Å². The van der Waals surface area contributed by atoms with E-state index >= 15 is 0 Å². The molecule has 0 radical (unpaired) electrons. The van der Waals surface area contributed by atoms with Gasteiger partial charge in [-0.1, -0.05) is 20.3 Å². The SMILES string of the molecule is CCCCN1C(=O)C(=C(N)N)C(=O)N(C2CCC(C)(CN3C(=O)NC(=O)C3(C)C)CC2)C1=O. The van der Waals surface area contributed by atoms with Crippen LogP contribution in [0.2, 0.25) is 0 Å². The van der Waals surface area contributed by atoms with Crippen molar-refractivity contribution < 1.29 is 24.0 Å². The van der Waals surface area contributed by atoms with Gasteiger partial charge in [0.2, 0.25) is 0 Å². The van der Waals surface area contributed by atoms with Crippen molar-refractivity contribution in [2.75, 3.05) is 13.1 Å². The molecule has 5 N–H and O–H groups in total. The van der Waals surface area contributed by atoms with E-state index in [1.165, 1.54) is 0 Å². The minimum atomic E-state index is -0.936. The number of hydrogen-bond acceptors (Lipinski definition) is 7. The molecule has 1 aliphatic carbocycles. The predicted octanol–water partition coefficient (Wildman–Crippen LogP) is 0.986. The van der Waals surface area contributed by atoms with E-state index in [9.17, 15) is 24.0 Å². The van der Waals surface area contributed by atoms with Crippen molar-refractivity contribution in [3.05, 3.63) is 11.4 Å². The number of carbonyl (C=O) groups is 5. The average molecular weight is 463 g/mol. The lowest BCUT2D eigenvalue weighted by Crippen LogP contribution is -2.61. The Bertz CT molecular complexity index is 914. The van der Waals surface area contributed by atoms with Crippen molar-refractivity contribution in [2.24, 2.45) is 16.9 Å². The summed E-state index contributed by atoms with van der Waals surface area (Å²) < 4.78 is 0. The van der Waals surface area contributed by atoms with Gasteiger partial charge >= 0.3 is 12.1 Å². The molecule has 2 aliphatic heterocycles. The highest BCUT2D eigenvalue weighted by atomic mass is 16.2. The molecule has 0 atom stereocenters. The van der Waals surface area contributed by atoms with Crippen molar-refractivity contribution in [1.29, 1.82) is 0 Å². The Hall–Kier alpha value is -3.11. The van der Waals surface area contributed by atoms with Gasteiger partial charge in [0.15, 0.2) is 0 Å². The third-order valence-electron chi connectivity index (χ3n) is 7.12. The van der Waals surface area contributed by atoms with E-state index < -0.39 is 41.3 Å². The van der Waals surface area contributed by atoms with E-state index in [-0.39, 0.29) is 23.4 Å². The van der Waals surface area contributed by atoms with Gasteiger partial charge in [-0.25, -0.2) is 9.59 Å². The summed E-state index contributed by atoms with van der Waals surface area (Å²) in [5, 5.41) is 2.36. The molecule has 3 fully saturated rings. The first-order valence-corrected chi connectivity index (χ1v) is 11.4. The van der Waals surface area contributed by atoms with Crippen LogP contribution in [0.4, 0.5) is 9.59 Å². The predicted molar refractivity (Wildman–Crippen MR) is 119 cm³/mol. The van der Waals surface area contributed by atoms with Crippen molar-refractivity contribution >= 4 is 29.8 Å². The molecule has 0 aromatic heterocycles. The van der Waals surface area contributed by atoms with E-state index in [1.54, 1.807) is 18.7 Å². The molecule has 3 aliphatic rings. The second-order valence-electron chi connectivity index (χ2n) is 10.0. The van der Waals surface area contributed by atoms with Gasteiger partial charge in [0.25, 0.3) is 17.7 Å². The summed E-state index contributed by atoms with van der Waals surface area (Å²) >= 11 is 0. The summed E-state index contributed by atoms with van der Waals surface area (Å²) in [6.07, 6.45) is 3.64. The number of hydrogen-bond donors (Lipinski definition) is 3. The highest BCUT2D eigenvalue weighted by Crippen LogP contribution is 2.41. The van der Waals surface area contributed by atoms with Crippen LogP contribution in [0.3, 0.4) is 0 Å². The van der Waals surface area contributed by atoms with Gasteiger partial charge < -0.3 is 16.4 Å². The fraction of sp³-hybridized carbons (Fsp3) is 0.682. The van der Waals surface area contributed by atoms with Gasteiger partial charge in [-0.2, -0.15) is 0 Å². The third-order valence-corrected chi connectivity index (χ3v) is 7.12. The van der Waals surface area contributed by atoms with Gasteiger partial charge in [0.05, 0.1) is 0 Å². The van der Waals surface area contributed by atoms with Gasteiger partial charge in [-0.15, -0.1) is 0 Å². The number of carbonyl (C=O) groups excluding carboxylic acids is 5. The van der Waals surface area contributed by atoms with Crippen molar-refractivity contribution in [3.63, 3.8) is 0 Å². The lowest BCUT2D eigenvalue weighted by Gasteiger charge is -2.45. The molecule has 0 spiro atoms. The summed E-state index contributed by atoms with van der Waals surface area (Å²) in [7, 11) is 0. The first-order valence-electron chi connectivity index (χ1n) is 11.4. The molecule has 11 nitrogen and oxygen atoms in total. The maximum Gasteiger partial charge on any atom is 0.334 e. The topological polar surface area (TPSA) is 159 Å². The molecule has 0 aromatic carbocycles. The zero-order chi connectivity index (χ0) is 24.7. The van der Waals surface area contributed by atoms with Crippen LogP contribution in [-0.2, 0) is 14.4 Å². The Morgan fingerprint density at radius 2 is 1.64 bits per heavy atom. The molecule has 1 saturated carbocycles. The monoisotopic (exact) mass is 462 g/mol. The van der Waals surface area contributed by atoms with Crippen LogP contribution in [0, 0.1) is 5.41 Å². The highest BCUT2D eigenvalue weighted by molar-refractivity contribution is 6.29. The number of barbiturate groups is 1. The number of rotatable bonds is 6. The summed E-state index contributed by atoms with van der Waals surface area (Å²) in [5.41, 5.74) is 9.70. The second kappa shape index (κ2) is 8.68. The zero-order valence-corrected chi connectivity index (χ0v) is 19.8. The van der Waals surface area contributed by atoms with Crippen LogP contribution in [0.25, 0.3) is 0 Å². The Kier molecular flexibility index (Phi) is 6.45. The minimum absolute atomic E-state index is 0.187. The maximum absolute atomic E-state index is 13.1. The van der Waals surface area contributed by atoms with Crippen LogP contribution in [-0.4, -0.2) is 69.2 Å². The molecule has 3 rings (SSSR count). The van der Waals surface area contributed by atoms with Gasteiger partial charge in [-0.05, 0) is 51.4 Å². The lowest BCUT2D eigenvalue weighted by atomic mass is 9.72. The lowest BCUT2D eigenvalue weighted by molar-refractivity contribution is -0.138. The molecule has 182 valence electrons. The maximum atomic E-state index is 13.1. The molecule has 2 heterocycles. The molecule has 2 saturated heterocycles. The smallest absolute Gasteiger partial charge is 0.334 e. The quantitative estimate of drug-likeness (QED) is 0.301. The van der Waals surface area contributed by atoms with E-state index in [2.05, 4.69) is 5.32 Å². The Balaban J connectivity index is 1.77. The molecule has 7 amide bonds. The normalized spacial score (nSPS) is 28.0. The van der Waals surface area contributed by atoms with E-state index in [4.69, 9.17) is 11.5 Å². The van der Waals surface area contributed by atoms with Gasteiger partial charge in [0.1, 0.15) is 16.9 Å². The fourth-order valence-corrected chi connectivity index (χ4v) is 4.79. The zero-order valence-electron chi connectivity index (χ0n) is 19.8. The molecule has 11 heteroatoms. The summed E-state index contributed by atoms with van der Waals surface area (Å²) in [6, 6.07) is -1.46. The Morgan fingerprint density at radius 1 is 1.03 bits per heavy atom. The number of unbranched alkanes of at least 4 members (excludes halogenated alkanes) is 1. The van der Waals surface area contributed by atoms with Crippen molar-refractivity contribution in [1.82, 2.24) is 20.0 Å². The van der Waals surface area contributed by atoms with Crippen LogP contribution in [0.5, 0.6) is 0 Å². The first kappa shape index (κ1) is 24.5. The van der Waals surface area contributed by atoms with Crippen LogP contribution >= 0.6 is 0 Å². The number of nitrogens with two attached hydrogens (primary N) is 2. The number of amides is 7. The summed E-state index contributed by atoms with van der Waals surface area (Å²) in [6.45, 7) is 7.96. The highest BCUT2D eigenvalue weighted by Gasteiger charge is 2.50. The fourth-order valence-electron chi connectivity index (χ4n) is 4.79. The van der Waals surface area contributed by atoms with Crippen LogP contribution in [0.15, 0.2) is 11.4 Å². The van der Waals surface area contributed by atoms with Gasteiger partial charge in [0, 0.05) is 19.1 Å². The molecular formula is C22H34N6O5. The van der Waals surface area contributed by atoms with Crippen LogP contribution < -0.4 is 16.8 Å².